The van der Waals surface area contributed by atoms with Gasteiger partial charge >= 0.3 is 6.18 Å². The first kappa shape index (κ1) is 22.2. The number of benzene rings is 1. The highest BCUT2D eigenvalue weighted by atomic mass is 19.4. The van der Waals surface area contributed by atoms with Crippen LogP contribution in [0.4, 0.5) is 13.2 Å². The molecule has 0 unspecified atom stereocenters. The molecule has 0 N–H and O–H groups in total. The van der Waals surface area contributed by atoms with Crippen molar-refractivity contribution < 1.29 is 13.2 Å². The lowest BCUT2D eigenvalue weighted by Crippen LogP contribution is -2.52. The molecule has 0 aliphatic heterocycles. The van der Waals surface area contributed by atoms with Crippen molar-refractivity contribution >= 4 is 11.9 Å². The van der Waals surface area contributed by atoms with E-state index in [0.717, 1.165) is 48.8 Å². The van der Waals surface area contributed by atoms with Gasteiger partial charge in [0.05, 0.1) is 11.8 Å². The van der Waals surface area contributed by atoms with Crippen molar-refractivity contribution in [3.05, 3.63) is 35.4 Å². The molecule has 32 heavy (non-hydrogen) atoms. The SMILES string of the molecule is C[C@]12CCCC[C@@H]1CC[C@@H]1[C@H]2CC[C@]2(C)/C(=N\N=C/c3ccccc3C(F)(F)F)CC[C@H]12. The summed E-state index contributed by atoms with van der Waals surface area (Å²) < 4.78 is 39.8. The van der Waals surface area contributed by atoms with Crippen molar-refractivity contribution in [1.29, 1.82) is 0 Å². The number of fused-ring (bicyclic) bond motifs is 5. The molecular formula is C27H35F3N2. The maximum atomic E-state index is 13.3. The van der Waals surface area contributed by atoms with E-state index in [9.17, 15) is 13.2 Å². The lowest BCUT2D eigenvalue weighted by Gasteiger charge is -2.59. The quantitative estimate of drug-likeness (QED) is 0.327. The number of nitrogens with zero attached hydrogens (tertiary/aromatic N) is 2. The average Bonchev–Trinajstić information content (AvgIpc) is 3.09. The lowest BCUT2D eigenvalue weighted by molar-refractivity contribution is -0.137. The van der Waals surface area contributed by atoms with Gasteiger partial charge < -0.3 is 0 Å². The van der Waals surface area contributed by atoms with E-state index in [-0.39, 0.29) is 11.0 Å². The molecule has 4 aliphatic rings. The summed E-state index contributed by atoms with van der Waals surface area (Å²) in [5, 5.41) is 8.73. The van der Waals surface area contributed by atoms with Gasteiger partial charge in [-0.3, -0.25) is 0 Å². The zero-order valence-electron chi connectivity index (χ0n) is 19.3. The molecule has 1 aromatic rings. The predicted octanol–water partition coefficient (Wildman–Crippen LogP) is 7.91. The molecule has 174 valence electrons. The molecule has 0 saturated heterocycles. The highest BCUT2D eigenvalue weighted by molar-refractivity contribution is 5.93. The summed E-state index contributed by atoms with van der Waals surface area (Å²) >= 11 is 0. The van der Waals surface area contributed by atoms with Gasteiger partial charge in [0.15, 0.2) is 0 Å². The average molecular weight is 445 g/mol. The summed E-state index contributed by atoms with van der Waals surface area (Å²) in [6, 6.07) is 5.58. The molecule has 4 fully saturated rings. The highest BCUT2D eigenvalue weighted by Gasteiger charge is 2.59. The molecule has 1 aromatic carbocycles. The van der Waals surface area contributed by atoms with Crippen molar-refractivity contribution in [2.24, 2.45) is 44.7 Å². The third kappa shape index (κ3) is 3.54. The zero-order chi connectivity index (χ0) is 22.6. The summed E-state index contributed by atoms with van der Waals surface area (Å²) in [4.78, 5) is 0. The Kier molecular flexibility index (Phi) is 5.53. The van der Waals surface area contributed by atoms with Crippen molar-refractivity contribution in [3.63, 3.8) is 0 Å². The Balaban J connectivity index is 1.37. The van der Waals surface area contributed by atoms with Gasteiger partial charge in [0.25, 0.3) is 0 Å². The Hall–Kier alpha value is -1.65. The molecule has 0 spiro atoms. The largest absolute Gasteiger partial charge is 0.417 e. The van der Waals surface area contributed by atoms with Gasteiger partial charge in [0.2, 0.25) is 0 Å². The molecule has 5 rings (SSSR count). The third-order valence-electron chi connectivity index (χ3n) is 9.97. The second-order valence-corrected chi connectivity index (χ2v) is 11.3. The standard InChI is InChI=1S/C27H35F3N2/c1-25-15-6-5-8-19(25)10-11-20-22-12-13-24(26(22,2)16-14-23(20)25)32-31-17-18-7-3-4-9-21(18)27(28,29)30/h3-4,7,9,17,19-20,22-23H,5-6,8,10-16H2,1-2H3/b31-17-,32-24-/t19-,20+,22-,23-,25+,26+/m1/s1. The smallest absolute Gasteiger partial charge is 0.166 e. The third-order valence-corrected chi connectivity index (χ3v) is 9.97. The molecule has 0 radical (unpaired) electrons. The Morgan fingerprint density at radius 1 is 0.938 bits per heavy atom. The number of rotatable bonds is 2. The fourth-order valence-corrected chi connectivity index (χ4v) is 8.28. The Morgan fingerprint density at radius 2 is 1.75 bits per heavy atom. The Labute approximate surface area is 189 Å². The van der Waals surface area contributed by atoms with Crippen LogP contribution >= 0.6 is 0 Å². The van der Waals surface area contributed by atoms with Crippen LogP contribution in [0.1, 0.15) is 89.2 Å². The predicted molar refractivity (Wildman–Crippen MR) is 123 cm³/mol. The van der Waals surface area contributed by atoms with Crippen LogP contribution in [0.3, 0.4) is 0 Å². The summed E-state index contributed by atoms with van der Waals surface area (Å²) in [5.41, 5.74) is 1.10. The molecule has 4 saturated carbocycles. The topological polar surface area (TPSA) is 24.7 Å². The van der Waals surface area contributed by atoms with Crippen LogP contribution in [0.2, 0.25) is 0 Å². The molecule has 0 bridgehead atoms. The van der Waals surface area contributed by atoms with Gasteiger partial charge in [-0.2, -0.15) is 23.4 Å². The molecule has 5 heteroatoms. The van der Waals surface area contributed by atoms with E-state index in [4.69, 9.17) is 0 Å². The van der Waals surface area contributed by atoms with Gasteiger partial charge in [-0.05, 0) is 86.5 Å². The first-order valence-electron chi connectivity index (χ1n) is 12.5. The molecule has 0 amide bonds. The summed E-state index contributed by atoms with van der Waals surface area (Å²) in [7, 11) is 0. The molecule has 4 aliphatic carbocycles. The zero-order valence-corrected chi connectivity index (χ0v) is 19.3. The van der Waals surface area contributed by atoms with Crippen LogP contribution in [-0.2, 0) is 6.18 Å². The van der Waals surface area contributed by atoms with E-state index >= 15 is 0 Å². The van der Waals surface area contributed by atoms with Gasteiger partial charge in [0, 0.05) is 16.7 Å². The first-order valence-corrected chi connectivity index (χ1v) is 12.5. The molecule has 0 heterocycles. The maximum absolute atomic E-state index is 13.3. The highest BCUT2D eigenvalue weighted by Crippen LogP contribution is 2.65. The number of halogens is 3. The minimum atomic E-state index is -4.38. The van der Waals surface area contributed by atoms with E-state index in [1.807, 2.05) is 0 Å². The number of hydrogen-bond donors (Lipinski definition) is 0. The summed E-state index contributed by atoms with van der Waals surface area (Å²) in [6.45, 7) is 4.94. The van der Waals surface area contributed by atoms with E-state index in [2.05, 4.69) is 24.1 Å². The fraction of sp³-hybridized carbons (Fsp3) is 0.704. The van der Waals surface area contributed by atoms with E-state index < -0.39 is 11.7 Å². The van der Waals surface area contributed by atoms with E-state index in [1.54, 1.807) is 6.07 Å². The fourth-order valence-electron chi connectivity index (χ4n) is 8.28. The first-order chi connectivity index (χ1) is 15.2. The second-order valence-electron chi connectivity index (χ2n) is 11.3. The van der Waals surface area contributed by atoms with E-state index in [1.165, 1.54) is 63.3 Å². The van der Waals surface area contributed by atoms with Crippen molar-refractivity contribution in [2.75, 3.05) is 0 Å². The molecule has 2 nitrogen and oxygen atoms in total. The molecule has 0 aromatic heterocycles. The monoisotopic (exact) mass is 444 g/mol. The van der Waals surface area contributed by atoms with Crippen molar-refractivity contribution in [1.82, 2.24) is 0 Å². The van der Waals surface area contributed by atoms with Gasteiger partial charge in [-0.15, -0.1) is 0 Å². The Morgan fingerprint density at radius 3 is 2.56 bits per heavy atom. The van der Waals surface area contributed by atoms with Crippen LogP contribution in [0.25, 0.3) is 0 Å². The Bertz CT molecular complexity index is 920. The van der Waals surface area contributed by atoms with E-state index in [0.29, 0.717) is 11.3 Å². The van der Waals surface area contributed by atoms with Gasteiger partial charge in [-0.1, -0.05) is 44.9 Å². The minimum Gasteiger partial charge on any atom is -0.166 e. The summed E-state index contributed by atoms with van der Waals surface area (Å²) in [6.07, 6.45) is 9.75. The van der Waals surface area contributed by atoms with Crippen LogP contribution in [-0.4, -0.2) is 11.9 Å². The van der Waals surface area contributed by atoms with Crippen LogP contribution in [0, 0.1) is 34.5 Å². The van der Waals surface area contributed by atoms with Gasteiger partial charge in [0.1, 0.15) is 0 Å². The van der Waals surface area contributed by atoms with Crippen LogP contribution in [0.15, 0.2) is 34.5 Å². The van der Waals surface area contributed by atoms with Crippen LogP contribution < -0.4 is 0 Å². The minimum absolute atomic E-state index is 0.0555. The lowest BCUT2D eigenvalue weighted by atomic mass is 9.45. The number of hydrogen-bond acceptors (Lipinski definition) is 2. The number of alkyl halides is 3. The maximum Gasteiger partial charge on any atom is 0.417 e. The van der Waals surface area contributed by atoms with Crippen LogP contribution in [0.5, 0.6) is 0 Å². The van der Waals surface area contributed by atoms with Crippen molar-refractivity contribution in [2.45, 2.75) is 84.2 Å². The molecule has 6 atom stereocenters. The second kappa shape index (κ2) is 7.99. The molecular weight excluding hydrogens is 409 g/mol. The van der Waals surface area contributed by atoms with Gasteiger partial charge in [-0.25, -0.2) is 0 Å². The summed E-state index contributed by atoms with van der Waals surface area (Å²) in [5.74, 6) is 3.17. The normalized spacial score (nSPS) is 40.8. The van der Waals surface area contributed by atoms with Crippen molar-refractivity contribution in [3.8, 4) is 0 Å².